The van der Waals surface area contributed by atoms with E-state index >= 15 is 4.39 Å². The third-order valence-electron chi connectivity index (χ3n) is 8.47. The second kappa shape index (κ2) is 17.1. The molecule has 0 radical (unpaired) electrons. The van der Waals surface area contributed by atoms with Crippen molar-refractivity contribution in [3.8, 4) is 23.0 Å². The average molecular weight is 749 g/mol. The van der Waals surface area contributed by atoms with Gasteiger partial charge in [0.15, 0.2) is 28.2 Å². The van der Waals surface area contributed by atoms with Crippen molar-refractivity contribution >= 4 is 56.9 Å². The van der Waals surface area contributed by atoms with Crippen molar-refractivity contribution in [3.05, 3.63) is 78.5 Å². The summed E-state index contributed by atoms with van der Waals surface area (Å²) in [7, 11) is 1.51. The van der Waals surface area contributed by atoms with E-state index in [9.17, 15) is 23.6 Å². The molecule has 1 heterocycles. The third kappa shape index (κ3) is 10.2. The van der Waals surface area contributed by atoms with Crippen LogP contribution in [0.2, 0.25) is 0 Å². The van der Waals surface area contributed by atoms with Crippen LogP contribution in [0.4, 0.5) is 20.2 Å². The molecule has 4 aromatic rings. The molecule has 1 saturated carbocycles. The van der Waals surface area contributed by atoms with Crippen molar-refractivity contribution in [2.24, 2.45) is 10.8 Å². The first-order chi connectivity index (χ1) is 25.3. The molecule has 0 saturated heterocycles. The Morgan fingerprint density at radius 1 is 0.830 bits per heavy atom. The first kappa shape index (κ1) is 39.0. The van der Waals surface area contributed by atoms with Gasteiger partial charge >= 0.3 is 0 Å². The number of pyridine rings is 1. The van der Waals surface area contributed by atoms with Crippen LogP contribution in [-0.4, -0.2) is 53.8 Å². The summed E-state index contributed by atoms with van der Waals surface area (Å²) in [5.41, 5.74) is -0.743. The van der Waals surface area contributed by atoms with Gasteiger partial charge in [-0.1, -0.05) is 32.5 Å². The number of fused-ring (bicyclic) bond motifs is 1. The fourth-order valence-corrected chi connectivity index (χ4v) is 6.00. The number of rotatable bonds is 16. The minimum Gasteiger partial charge on any atom is -0.493 e. The van der Waals surface area contributed by atoms with Crippen LogP contribution in [-0.2, 0) is 19.2 Å². The molecule has 0 spiro atoms. The molecule has 53 heavy (non-hydrogen) atoms. The number of carbonyl (C=O) groups excluding carboxylic acids is 4. The molecule has 3 aromatic carbocycles. The van der Waals surface area contributed by atoms with E-state index in [4.69, 9.17) is 14.2 Å². The standard InChI is InChI=1S/C39H42F2N4O7S/c1-38(2,3)37(49)53-23-34(46)43-17-6-5-7-19-51-33-22-29-27(21-32(33)50-4)30(14-18-42-29)52-31-13-12-26(20-28(31)41)45-36(48)39(15-16-39)35(47)44-25-10-8-24(40)9-11-25/h8-14,18,20-22H,5-7,15-17,19,23H2,1-4H3,(H,43,46)(H,44,47)(H,45,48). The summed E-state index contributed by atoms with van der Waals surface area (Å²) < 4.78 is 46.0. The summed E-state index contributed by atoms with van der Waals surface area (Å²) in [4.78, 5) is 54.4. The van der Waals surface area contributed by atoms with E-state index in [-0.39, 0.29) is 28.2 Å². The Balaban J connectivity index is 1.13. The van der Waals surface area contributed by atoms with E-state index in [1.165, 1.54) is 49.7 Å². The quantitative estimate of drug-likeness (QED) is 0.0778. The van der Waals surface area contributed by atoms with E-state index in [1.807, 2.05) is 20.8 Å². The van der Waals surface area contributed by atoms with Crippen molar-refractivity contribution < 1.29 is 42.2 Å². The fraction of sp³-hybridized carbons (Fsp3) is 0.359. The zero-order valence-corrected chi connectivity index (χ0v) is 30.8. The van der Waals surface area contributed by atoms with Crippen LogP contribution in [0.1, 0.15) is 52.9 Å². The van der Waals surface area contributed by atoms with Gasteiger partial charge in [-0.3, -0.25) is 24.2 Å². The van der Waals surface area contributed by atoms with Gasteiger partial charge < -0.3 is 30.2 Å². The number of thioether (sulfide) groups is 1. The van der Waals surface area contributed by atoms with E-state index in [2.05, 4.69) is 20.9 Å². The predicted molar refractivity (Wildman–Crippen MR) is 199 cm³/mol. The molecule has 14 heteroatoms. The number of ether oxygens (including phenoxy) is 3. The maximum absolute atomic E-state index is 15.3. The minimum absolute atomic E-state index is 0.0190. The molecule has 1 aliphatic rings. The topological polar surface area (TPSA) is 145 Å². The van der Waals surface area contributed by atoms with Gasteiger partial charge in [0.1, 0.15) is 17.0 Å². The summed E-state index contributed by atoms with van der Waals surface area (Å²) in [5, 5.41) is 8.64. The number of aromatic nitrogens is 1. The van der Waals surface area contributed by atoms with Crippen LogP contribution in [0.5, 0.6) is 23.0 Å². The number of hydrogen-bond acceptors (Lipinski definition) is 9. The SMILES string of the molecule is COc1cc2c(Oc3ccc(NC(=O)C4(C(=O)Nc5ccc(F)cc5)CC4)cc3F)ccnc2cc1OCCCCCNC(=O)CSC(=O)C(C)(C)C. The number of unbranched alkanes of at least 4 members (excludes halogenated alkanes) is 2. The van der Waals surface area contributed by atoms with Crippen LogP contribution in [0, 0.1) is 22.5 Å². The Morgan fingerprint density at radius 2 is 1.53 bits per heavy atom. The second-order valence-corrected chi connectivity index (χ2v) is 14.6. The molecular weight excluding hydrogens is 707 g/mol. The highest BCUT2D eigenvalue weighted by atomic mass is 32.2. The molecule has 0 atom stereocenters. The lowest BCUT2D eigenvalue weighted by Crippen LogP contribution is -2.35. The number of nitrogens with zero attached hydrogens (tertiary/aromatic N) is 1. The maximum Gasteiger partial charge on any atom is 0.240 e. The summed E-state index contributed by atoms with van der Waals surface area (Å²) >= 11 is 1.03. The number of anilines is 2. The van der Waals surface area contributed by atoms with Crippen molar-refractivity contribution in [2.75, 3.05) is 36.6 Å². The molecule has 0 unspecified atom stereocenters. The van der Waals surface area contributed by atoms with Crippen LogP contribution in [0.15, 0.2) is 66.9 Å². The number of nitrogens with one attached hydrogen (secondary N) is 3. The molecule has 1 aliphatic carbocycles. The lowest BCUT2D eigenvalue weighted by Gasteiger charge is -2.16. The van der Waals surface area contributed by atoms with E-state index in [0.717, 1.165) is 37.1 Å². The first-order valence-electron chi connectivity index (χ1n) is 17.2. The van der Waals surface area contributed by atoms with Crippen molar-refractivity contribution in [2.45, 2.75) is 52.9 Å². The van der Waals surface area contributed by atoms with Crippen LogP contribution >= 0.6 is 11.8 Å². The largest absolute Gasteiger partial charge is 0.493 e. The molecule has 5 rings (SSSR count). The molecule has 3 N–H and O–H groups in total. The van der Waals surface area contributed by atoms with Gasteiger partial charge in [-0.2, -0.15) is 0 Å². The molecular formula is C39H42F2N4O7S. The van der Waals surface area contributed by atoms with Gasteiger partial charge in [0, 0.05) is 47.1 Å². The van der Waals surface area contributed by atoms with E-state index < -0.39 is 34.3 Å². The smallest absolute Gasteiger partial charge is 0.240 e. The van der Waals surface area contributed by atoms with Crippen LogP contribution in [0.3, 0.4) is 0 Å². The number of benzene rings is 3. The Kier molecular flexibility index (Phi) is 12.5. The second-order valence-electron chi connectivity index (χ2n) is 13.7. The van der Waals surface area contributed by atoms with Gasteiger partial charge in [-0.05, 0) is 80.6 Å². The number of halogens is 2. The van der Waals surface area contributed by atoms with E-state index in [1.54, 1.807) is 18.2 Å². The summed E-state index contributed by atoms with van der Waals surface area (Å²) in [6.07, 6.45) is 4.46. The zero-order valence-electron chi connectivity index (χ0n) is 30.0. The van der Waals surface area contributed by atoms with Gasteiger partial charge in [0.25, 0.3) is 0 Å². The summed E-state index contributed by atoms with van der Waals surface area (Å²) in [6.45, 7) is 6.38. The zero-order chi connectivity index (χ0) is 38.2. The Bertz CT molecular complexity index is 1980. The molecule has 1 fully saturated rings. The predicted octanol–water partition coefficient (Wildman–Crippen LogP) is 7.64. The monoisotopic (exact) mass is 748 g/mol. The molecule has 0 bridgehead atoms. The van der Waals surface area contributed by atoms with Crippen molar-refractivity contribution in [1.82, 2.24) is 10.3 Å². The molecule has 11 nitrogen and oxygen atoms in total. The molecule has 1 aromatic heterocycles. The normalized spacial score (nSPS) is 13.2. The van der Waals surface area contributed by atoms with Gasteiger partial charge in [0.2, 0.25) is 17.7 Å². The van der Waals surface area contributed by atoms with Gasteiger partial charge in [-0.15, -0.1) is 0 Å². The van der Waals surface area contributed by atoms with Gasteiger partial charge in [0.05, 0.1) is 25.0 Å². The van der Waals surface area contributed by atoms with Crippen LogP contribution < -0.4 is 30.2 Å². The molecule has 280 valence electrons. The maximum atomic E-state index is 15.3. The highest BCUT2D eigenvalue weighted by Crippen LogP contribution is 2.48. The van der Waals surface area contributed by atoms with E-state index in [0.29, 0.717) is 59.8 Å². The summed E-state index contributed by atoms with van der Waals surface area (Å²) in [6, 6.07) is 14.2. The summed E-state index contributed by atoms with van der Waals surface area (Å²) in [5.74, 6) is -1.22. The highest BCUT2D eigenvalue weighted by Gasteiger charge is 2.56. The fourth-order valence-electron chi connectivity index (χ4n) is 5.20. The Labute approximate surface area is 310 Å². The third-order valence-corrected chi connectivity index (χ3v) is 9.75. The molecule has 3 amide bonds. The number of methoxy groups -OCH3 is 1. The van der Waals surface area contributed by atoms with Gasteiger partial charge in [-0.25, -0.2) is 8.78 Å². The van der Waals surface area contributed by atoms with Crippen molar-refractivity contribution in [1.29, 1.82) is 0 Å². The lowest BCUT2D eigenvalue weighted by molar-refractivity contribution is -0.131. The van der Waals surface area contributed by atoms with Crippen molar-refractivity contribution in [3.63, 3.8) is 0 Å². The average Bonchev–Trinajstić information content (AvgIpc) is 3.94. The van der Waals surface area contributed by atoms with Crippen LogP contribution in [0.25, 0.3) is 10.9 Å². The Morgan fingerprint density at radius 3 is 2.19 bits per heavy atom. The Hall–Kier alpha value is -5.24. The minimum atomic E-state index is -1.30. The lowest BCUT2D eigenvalue weighted by atomic mass is 10.00. The highest BCUT2D eigenvalue weighted by molar-refractivity contribution is 8.14. The molecule has 0 aliphatic heterocycles. The number of amides is 3. The first-order valence-corrected chi connectivity index (χ1v) is 18.2. The number of carbonyl (C=O) groups is 4. The number of hydrogen-bond donors (Lipinski definition) is 3.